The summed E-state index contributed by atoms with van der Waals surface area (Å²) in [6.45, 7) is 0. The summed E-state index contributed by atoms with van der Waals surface area (Å²) in [6, 6.07) is 2.42. The summed E-state index contributed by atoms with van der Waals surface area (Å²) in [4.78, 5) is 21.3. The van der Waals surface area contributed by atoms with E-state index < -0.39 is 29.7 Å². The molecule has 0 unspecified atom stereocenters. The van der Waals surface area contributed by atoms with Gasteiger partial charge in [-0.1, -0.05) is 6.07 Å². The van der Waals surface area contributed by atoms with E-state index in [1.807, 2.05) is 0 Å². The van der Waals surface area contributed by atoms with E-state index in [1.165, 1.54) is 19.2 Å². The summed E-state index contributed by atoms with van der Waals surface area (Å²) in [5.41, 5.74) is -0.764. The molecule has 0 aliphatic rings. The second-order valence-electron chi connectivity index (χ2n) is 2.99. The van der Waals surface area contributed by atoms with E-state index >= 15 is 0 Å². The molecule has 0 atom stereocenters. The van der Waals surface area contributed by atoms with E-state index in [0.717, 1.165) is 0 Å². The first-order valence-corrected chi connectivity index (χ1v) is 4.27. The lowest BCUT2D eigenvalue weighted by molar-refractivity contribution is -0.136. The molecule has 0 spiro atoms. The third kappa shape index (κ3) is 2.28. The lowest BCUT2D eigenvalue weighted by atomic mass is 10.0. The molecule has 5 nitrogen and oxygen atoms in total. The van der Waals surface area contributed by atoms with Gasteiger partial charge in [0.1, 0.15) is 5.56 Å². The van der Waals surface area contributed by atoms with Gasteiger partial charge in [0.15, 0.2) is 11.6 Å². The van der Waals surface area contributed by atoms with E-state index in [9.17, 15) is 14.0 Å². The lowest BCUT2D eigenvalue weighted by Crippen LogP contribution is -2.11. The van der Waals surface area contributed by atoms with Crippen LogP contribution >= 0.6 is 0 Å². The molecule has 86 valence electrons. The highest BCUT2D eigenvalue weighted by Crippen LogP contribution is 2.24. The number of aliphatic carboxylic acids is 1. The fourth-order valence-electron chi connectivity index (χ4n) is 1.30. The van der Waals surface area contributed by atoms with Crippen LogP contribution in [0.15, 0.2) is 12.1 Å². The molecule has 0 saturated carbocycles. The summed E-state index contributed by atoms with van der Waals surface area (Å²) in [6.07, 6.45) is -0.553. The number of carboxylic acids is 2. The number of carbonyl (C=O) groups is 2. The Morgan fingerprint density at radius 1 is 1.38 bits per heavy atom. The third-order valence-corrected chi connectivity index (χ3v) is 1.97. The van der Waals surface area contributed by atoms with Crippen LogP contribution in [0, 0.1) is 5.82 Å². The number of hydrogen-bond acceptors (Lipinski definition) is 3. The summed E-state index contributed by atoms with van der Waals surface area (Å²) in [7, 11) is 1.20. The van der Waals surface area contributed by atoms with Crippen molar-refractivity contribution in [3.63, 3.8) is 0 Å². The first-order chi connectivity index (χ1) is 7.47. The van der Waals surface area contributed by atoms with Gasteiger partial charge in [0.05, 0.1) is 13.5 Å². The van der Waals surface area contributed by atoms with Crippen LogP contribution in [0.3, 0.4) is 0 Å². The Hall–Kier alpha value is -2.11. The standard InChI is InChI=1S/C10H9FO5/c1-16-6-3-2-5(4-7(12)13)8(9(6)11)10(14)15/h2-3H,4H2,1H3,(H,12,13)(H,14,15). The van der Waals surface area contributed by atoms with Crippen molar-refractivity contribution < 1.29 is 28.9 Å². The summed E-state index contributed by atoms with van der Waals surface area (Å²) < 4.78 is 18.1. The van der Waals surface area contributed by atoms with Crippen LogP contribution in [0.25, 0.3) is 0 Å². The average Bonchev–Trinajstić information content (AvgIpc) is 2.16. The molecule has 6 heteroatoms. The van der Waals surface area contributed by atoms with Crippen molar-refractivity contribution in [3.8, 4) is 5.75 Å². The number of aromatic carboxylic acids is 1. The fraction of sp³-hybridized carbons (Fsp3) is 0.200. The zero-order valence-corrected chi connectivity index (χ0v) is 8.36. The van der Waals surface area contributed by atoms with Crippen LogP contribution in [0.5, 0.6) is 5.75 Å². The van der Waals surface area contributed by atoms with Crippen molar-refractivity contribution in [1.29, 1.82) is 0 Å². The number of methoxy groups -OCH3 is 1. The molecule has 0 heterocycles. The Balaban J connectivity index is 3.34. The molecule has 0 aromatic heterocycles. The zero-order chi connectivity index (χ0) is 12.3. The normalized spacial score (nSPS) is 9.88. The van der Waals surface area contributed by atoms with E-state index in [2.05, 4.69) is 4.74 Å². The Morgan fingerprint density at radius 2 is 2.00 bits per heavy atom. The molecule has 0 fully saturated rings. The van der Waals surface area contributed by atoms with Gasteiger partial charge in [0.2, 0.25) is 0 Å². The summed E-state index contributed by atoms with van der Waals surface area (Å²) in [5, 5.41) is 17.3. The number of rotatable bonds is 4. The molecule has 0 amide bonds. The van der Waals surface area contributed by atoms with Gasteiger partial charge >= 0.3 is 11.9 Å². The Morgan fingerprint density at radius 3 is 2.44 bits per heavy atom. The Kier molecular flexibility index (Phi) is 3.44. The molecule has 1 rings (SSSR count). The van der Waals surface area contributed by atoms with Gasteiger partial charge in [-0.15, -0.1) is 0 Å². The van der Waals surface area contributed by atoms with E-state index in [4.69, 9.17) is 10.2 Å². The van der Waals surface area contributed by atoms with Crippen LogP contribution < -0.4 is 4.74 Å². The highest BCUT2D eigenvalue weighted by Gasteiger charge is 2.21. The predicted molar refractivity (Wildman–Crippen MR) is 51.3 cm³/mol. The second-order valence-corrected chi connectivity index (χ2v) is 2.99. The Bertz CT molecular complexity index is 441. The third-order valence-electron chi connectivity index (χ3n) is 1.97. The van der Waals surface area contributed by atoms with Crippen molar-refractivity contribution >= 4 is 11.9 Å². The van der Waals surface area contributed by atoms with Gasteiger partial charge in [0, 0.05) is 0 Å². The first kappa shape index (κ1) is 12.0. The van der Waals surface area contributed by atoms with Gasteiger partial charge in [-0.05, 0) is 11.6 Å². The van der Waals surface area contributed by atoms with E-state index in [0.29, 0.717) is 0 Å². The van der Waals surface area contributed by atoms with Crippen LogP contribution in [0.2, 0.25) is 0 Å². The average molecular weight is 228 g/mol. The van der Waals surface area contributed by atoms with Crippen molar-refractivity contribution in [2.24, 2.45) is 0 Å². The molecular weight excluding hydrogens is 219 g/mol. The maximum Gasteiger partial charge on any atom is 0.339 e. The van der Waals surface area contributed by atoms with Crippen molar-refractivity contribution in [2.75, 3.05) is 7.11 Å². The van der Waals surface area contributed by atoms with E-state index in [1.54, 1.807) is 0 Å². The largest absolute Gasteiger partial charge is 0.494 e. The summed E-state index contributed by atoms with van der Waals surface area (Å²) in [5.74, 6) is -4.04. The minimum atomic E-state index is -1.52. The molecule has 0 bridgehead atoms. The quantitative estimate of drug-likeness (QED) is 0.807. The fourth-order valence-corrected chi connectivity index (χ4v) is 1.30. The SMILES string of the molecule is COc1ccc(CC(=O)O)c(C(=O)O)c1F. The topological polar surface area (TPSA) is 83.8 Å². The van der Waals surface area contributed by atoms with Crippen LogP contribution in [0.1, 0.15) is 15.9 Å². The molecule has 16 heavy (non-hydrogen) atoms. The van der Waals surface area contributed by atoms with Gasteiger partial charge in [-0.3, -0.25) is 4.79 Å². The van der Waals surface area contributed by atoms with Crippen molar-refractivity contribution in [1.82, 2.24) is 0 Å². The smallest absolute Gasteiger partial charge is 0.339 e. The van der Waals surface area contributed by atoms with Gasteiger partial charge < -0.3 is 14.9 Å². The number of carboxylic acid groups (broad SMARTS) is 2. The number of hydrogen-bond donors (Lipinski definition) is 2. The van der Waals surface area contributed by atoms with E-state index in [-0.39, 0.29) is 11.3 Å². The molecule has 2 N–H and O–H groups in total. The molecule has 0 radical (unpaired) electrons. The molecular formula is C10H9FO5. The molecule has 0 saturated heterocycles. The minimum Gasteiger partial charge on any atom is -0.494 e. The summed E-state index contributed by atoms with van der Waals surface area (Å²) >= 11 is 0. The number of benzene rings is 1. The zero-order valence-electron chi connectivity index (χ0n) is 8.36. The van der Waals surface area contributed by atoms with Crippen LogP contribution in [-0.4, -0.2) is 29.3 Å². The van der Waals surface area contributed by atoms with Crippen molar-refractivity contribution in [3.05, 3.63) is 29.1 Å². The van der Waals surface area contributed by atoms with Gasteiger partial charge in [0.25, 0.3) is 0 Å². The molecule has 0 aliphatic heterocycles. The lowest BCUT2D eigenvalue weighted by Gasteiger charge is -2.08. The highest BCUT2D eigenvalue weighted by molar-refractivity contribution is 5.91. The van der Waals surface area contributed by atoms with Gasteiger partial charge in [-0.25, -0.2) is 9.18 Å². The van der Waals surface area contributed by atoms with Crippen LogP contribution in [0.4, 0.5) is 4.39 Å². The second kappa shape index (κ2) is 4.61. The first-order valence-electron chi connectivity index (χ1n) is 4.27. The Labute approximate surface area is 90.1 Å². The van der Waals surface area contributed by atoms with Crippen molar-refractivity contribution in [2.45, 2.75) is 6.42 Å². The maximum absolute atomic E-state index is 13.5. The molecule has 1 aromatic carbocycles. The minimum absolute atomic E-state index is 0.0988. The van der Waals surface area contributed by atoms with Gasteiger partial charge in [-0.2, -0.15) is 0 Å². The monoisotopic (exact) mass is 228 g/mol. The number of ether oxygens (including phenoxy) is 1. The molecule has 0 aliphatic carbocycles. The molecule has 1 aromatic rings. The highest BCUT2D eigenvalue weighted by atomic mass is 19.1. The van der Waals surface area contributed by atoms with Crippen LogP contribution in [-0.2, 0) is 11.2 Å². The maximum atomic E-state index is 13.5. The number of halogens is 1. The predicted octanol–water partition coefficient (Wildman–Crippen LogP) is 1.16.